The number of carbonyl (C=O) groups excluding carboxylic acids is 1. The number of hydrogen-bond donors (Lipinski definition) is 0. The monoisotopic (exact) mass is 322 g/mol. The minimum atomic E-state index is -0.230. The summed E-state index contributed by atoms with van der Waals surface area (Å²) in [4.78, 5) is 14.4. The first kappa shape index (κ1) is 16.0. The molecule has 3 aromatic rings. The number of carbonyl (C=O) groups is 1. The Morgan fingerprint density at radius 2 is 1.67 bits per heavy atom. The van der Waals surface area contributed by atoms with Crippen molar-refractivity contribution in [2.45, 2.75) is 6.42 Å². The Morgan fingerprint density at radius 1 is 1.00 bits per heavy atom. The van der Waals surface area contributed by atoms with Gasteiger partial charge in [-0.3, -0.25) is 4.79 Å². The van der Waals surface area contributed by atoms with E-state index in [0.29, 0.717) is 24.1 Å². The average molecular weight is 322 g/mol. The normalized spacial score (nSPS) is 10.6. The van der Waals surface area contributed by atoms with E-state index >= 15 is 0 Å². The van der Waals surface area contributed by atoms with E-state index in [1.807, 2.05) is 59.4 Å². The molecule has 0 atom stereocenters. The number of para-hydroxylation sites is 1. The van der Waals surface area contributed by atoms with Crippen LogP contribution in [0, 0.1) is 5.82 Å². The van der Waals surface area contributed by atoms with Crippen LogP contribution >= 0.6 is 0 Å². The molecule has 0 aliphatic carbocycles. The van der Waals surface area contributed by atoms with Gasteiger partial charge < -0.3 is 9.47 Å². The largest absolute Gasteiger partial charge is 0.341 e. The highest BCUT2D eigenvalue weighted by atomic mass is 19.1. The zero-order valence-corrected chi connectivity index (χ0v) is 13.5. The number of aromatic nitrogens is 1. The number of amides is 1. The summed E-state index contributed by atoms with van der Waals surface area (Å²) in [6.45, 7) is 0.458. The minimum Gasteiger partial charge on any atom is -0.341 e. The van der Waals surface area contributed by atoms with Crippen LogP contribution in [0.5, 0.6) is 0 Å². The fourth-order valence-electron chi connectivity index (χ4n) is 2.67. The summed E-state index contributed by atoms with van der Waals surface area (Å²) < 4.78 is 15.6. The number of nitrogens with zero attached hydrogens (tertiary/aromatic N) is 2. The Morgan fingerprint density at radius 3 is 2.42 bits per heavy atom. The van der Waals surface area contributed by atoms with E-state index < -0.39 is 0 Å². The van der Waals surface area contributed by atoms with Crippen LogP contribution in [-0.4, -0.2) is 29.0 Å². The summed E-state index contributed by atoms with van der Waals surface area (Å²) in [5, 5.41) is 0. The molecule has 4 heteroatoms. The Kier molecular flexibility index (Phi) is 4.75. The maximum absolute atomic E-state index is 13.7. The minimum absolute atomic E-state index is 0.0735. The molecule has 0 unspecified atom stereocenters. The second-order valence-corrected chi connectivity index (χ2v) is 5.68. The van der Waals surface area contributed by atoms with E-state index in [9.17, 15) is 9.18 Å². The van der Waals surface area contributed by atoms with Gasteiger partial charge in [0.2, 0.25) is 0 Å². The van der Waals surface area contributed by atoms with Crippen LogP contribution in [-0.2, 0) is 6.42 Å². The number of likely N-dealkylation sites (N-methyl/N-ethyl adjacent to an activating group) is 1. The van der Waals surface area contributed by atoms with Crippen molar-refractivity contribution in [1.82, 2.24) is 9.47 Å². The lowest BCUT2D eigenvalue weighted by Gasteiger charge is -2.19. The van der Waals surface area contributed by atoms with Crippen molar-refractivity contribution in [2.75, 3.05) is 13.6 Å². The van der Waals surface area contributed by atoms with Gasteiger partial charge in [0.1, 0.15) is 5.82 Å². The average Bonchev–Trinajstić information content (AvgIpc) is 3.14. The lowest BCUT2D eigenvalue weighted by molar-refractivity contribution is 0.0796. The lowest BCUT2D eigenvalue weighted by atomic mass is 10.1. The predicted octanol–water partition coefficient (Wildman–Crippen LogP) is 3.93. The van der Waals surface area contributed by atoms with Crippen LogP contribution in [0.4, 0.5) is 4.39 Å². The highest BCUT2D eigenvalue weighted by Crippen LogP contribution is 2.17. The molecule has 0 saturated carbocycles. The van der Waals surface area contributed by atoms with Gasteiger partial charge in [-0.25, -0.2) is 4.39 Å². The van der Waals surface area contributed by atoms with Crippen molar-refractivity contribution >= 4 is 5.91 Å². The Balaban J connectivity index is 1.76. The zero-order valence-electron chi connectivity index (χ0n) is 13.5. The third kappa shape index (κ3) is 3.38. The van der Waals surface area contributed by atoms with Crippen LogP contribution < -0.4 is 0 Å². The van der Waals surface area contributed by atoms with E-state index in [1.165, 1.54) is 6.07 Å². The maximum Gasteiger partial charge on any atom is 0.255 e. The van der Waals surface area contributed by atoms with Crippen LogP contribution in [0.1, 0.15) is 15.9 Å². The molecule has 1 aromatic heterocycles. The Hall–Kier alpha value is -2.88. The molecule has 0 aliphatic heterocycles. The molecular formula is C20H19FN2O. The van der Waals surface area contributed by atoms with Gasteiger partial charge in [-0.2, -0.15) is 0 Å². The summed E-state index contributed by atoms with van der Waals surface area (Å²) in [5.74, 6) is -0.304. The van der Waals surface area contributed by atoms with E-state index in [4.69, 9.17) is 0 Å². The molecule has 1 amide bonds. The van der Waals surface area contributed by atoms with Crippen LogP contribution in [0.2, 0.25) is 0 Å². The van der Waals surface area contributed by atoms with Gasteiger partial charge in [0.25, 0.3) is 5.91 Å². The smallest absolute Gasteiger partial charge is 0.255 e. The third-order valence-corrected chi connectivity index (χ3v) is 4.04. The van der Waals surface area contributed by atoms with Gasteiger partial charge in [0.05, 0.1) is 11.3 Å². The lowest BCUT2D eigenvalue weighted by Crippen LogP contribution is -2.29. The van der Waals surface area contributed by atoms with Gasteiger partial charge in [-0.05, 0) is 42.3 Å². The van der Waals surface area contributed by atoms with E-state index in [0.717, 1.165) is 5.69 Å². The standard InChI is InChI=1S/C20H19FN2O/c1-22(15-12-16-8-2-4-10-18(16)21)20(24)17-9-3-5-11-19(17)23-13-6-7-14-23/h2-11,13-14H,12,15H2,1H3. The van der Waals surface area contributed by atoms with Gasteiger partial charge in [-0.15, -0.1) is 0 Å². The molecule has 3 rings (SSSR count). The summed E-state index contributed by atoms with van der Waals surface area (Å²) in [6, 6.07) is 18.0. The van der Waals surface area contributed by atoms with Crippen molar-refractivity contribution < 1.29 is 9.18 Å². The van der Waals surface area contributed by atoms with Crippen molar-refractivity contribution in [2.24, 2.45) is 0 Å². The molecule has 0 bridgehead atoms. The topological polar surface area (TPSA) is 25.2 Å². The fraction of sp³-hybridized carbons (Fsp3) is 0.150. The van der Waals surface area contributed by atoms with Crippen molar-refractivity contribution in [3.8, 4) is 5.69 Å². The van der Waals surface area contributed by atoms with E-state index in [2.05, 4.69) is 0 Å². The summed E-state index contributed by atoms with van der Waals surface area (Å²) in [6.07, 6.45) is 4.30. The summed E-state index contributed by atoms with van der Waals surface area (Å²) in [7, 11) is 1.75. The molecule has 0 spiro atoms. The zero-order chi connectivity index (χ0) is 16.9. The van der Waals surface area contributed by atoms with Crippen molar-refractivity contribution in [1.29, 1.82) is 0 Å². The number of rotatable bonds is 5. The fourth-order valence-corrected chi connectivity index (χ4v) is 2.67. The van der Waals surface area contributed by atoms with Crippen LogP contribution in [0.25, 0.3) is 5.69 Å². The molecule has 24 heavy (non-hydrogen) atoms. The second kappa shape index (κ2) is 7.13. The van der Waals surface area contributed by atoms with Crippen molar-refractivity contribution in [3.63, 3.8) is 0 Å². The Bertz CT molecular complexity index is 827. The molecule has 122 valence electrons. The highest BCUT2D eigenvalue weighted by molar-refractivity contribution is 5.97. The van der Waals surface area contributed by atoms with Gasteiger partial charge in [-0.1, -0.05) is 30.3 Å². The van der Waals surface area contributed by atoms with Crippen LogP contribution in [0.15, 0.2) is 73.1 Å². The third-order valence-electron chi connectivity index (χ3n) is 4.04. The molecule has 0 aliphatic rings. The number of benzene rings is 2. The van der Waals surface area contributed by atoms with Crippen molar-refractivity contribution in [3.05, 3.63) is 90.0 Å². The molecule has 2 aromatic carbocycles. The first-order valence-electron chi connectivity index (χ1n) is 7.88. The molecular weight excluding hydrogens is 303 g/mol. The van der Waals surface area contributed by atoms with E-state index in [1.54, 1.807) is 24.1 Å². The maximum atomic E-state index is 13.7. The van der Waals surface area contributed by atoms with Gasteiger partial charge in [0.15, 0.2) is 0 Å². The first-order valence-corrected chi connectivity index (χ1v) is 7.88. The van der Waals surface area contributed by atoms with Gasteiger partial charge >= 0.3 is 0 Å². The molecule has 0 radical (unpaired) electrons. The van der Waals surface area contributed by atoms with E-state index in [-0.39, 0.29) is 11.7 Å². The molecule has 1 heterocycles. The Labute approximate surface area is 141 Å². The molecule has 0 N–H and O–H groups in total. The first-order chi connectivity index (χ1) is 11.7. The van der Waals surface area contributed by atoms with Crippen LogP contribution in [0.3, 0.4) is 0 Å². The quantitative estimate of drug-likeness (QED) is 0.699. The molecule has 0 fully saturated rings. The summed E-state index contributed by atoms with van der Waals surface area (Å²) >= 11 is 0. The molecule has 0 saturated heterocycles. The second-order valence-electron chi connectivity index (χ2n) is 5.68. The predicted molar refractivity (Wildman–Crippen MR) is 92.8 cm³/mol. The highest BCUT2D eigenvalue weighted by Gasteiger charge is 2.16. The van der Waals surface area contributed by atoms with Gasteiger partial charge in [0, 0.05) is 26.0 Å². The molecule has 3 nitrogen and oxygen atoms in total. The SMILES string of the molecule is CN(CCc1ccccc1F)C(=O)c1ccccc1-n1cccc1. The number of hydrogen-bond acceptors (Lipinski definition) is 1. The summed E-state index contributed by atoms with van der Waals surface area (Å²) in [5.41, 5.74) is 2.09. The number of halogens is 1.